The van der Waals surface area contributed by atoms with Crippen molar-refractivity contribution in [3.05, 3.63) is 30.2 Å². The average molecular weight is 297 g/mol. The number of esters is 1. The third-order valence-electron chi connectivity index (χ3n) is 2.85. The van der Waals surface area contributed by atoms with Crippen molar-refractivity contribution in [2.75, 3.05) is 12.8 Å². The molecule has 0 aliphatic carbocycles. The molecule has 110 valence electrons. The van der Waals surface area contributed by atoms with Gasteiger partial charge in [0.15, 0.2) is 17.2 Å². The minimum Gasteiger partial charge on any atom is -0.464 e. The second-order valence-electron chi connectivity index (χ2n) is 4.14. The smallest absolute Gasteiger partial charge is 0.464 e. The van der Waals surface area contributed by atoms with Crippen molar-refractivity contribution >= 4 is 11.8 Å². The van der Waals surface area contributed by atoms with Gasteiger partial charge in [0.25, 0.3) is 0 Å². The summed E-state index contributed by atoms with van der Waals surface area (Å²) in [5, 5.41) is 0. The maximum absolute atomic E-state index is 13.0. The van der Waals surface area contributed by atoms with Crippen LogP contribution < -0.4 is 15.2 Å². The second-order valence-corrected chi connectivity index (χ2v) is 4.14. The molecule has 2 heterocycles. The molecule has 0 amide bonds. The maximum atomic E-state index is 13.0. The van der Waals surface area contributed by atoms with Gasteiger partial charge in [0.05, 0.1) is 12.8 Å². The summed E-state index contributed by atoms with van der Waals surface area (Å²) in [7, 11) is 1.20. The number of nitrogens with zero attached hydrogens (tertiary/aromatic N) is 2. The average Bonchev–Trinajstić information content (AvgIpc) is 2.95. The zero-order valence-corrected chi connectivity index (χ0v) is 10.7. The fourth-order valence-corrected chi connectivity index (χ4v) is 1.91. The summed E-state index contributed by atoms with van der Waals surface area (Å²) < 4.78 is 40.4. The molecule has 0 bridgehead atoms. The largest absolute Gasteiger partial charge is 0.586 e. The Morgan fingerprint density at radius 3 is 2.81 bits per heavy atom. The minimum absolute atomic E-state index is 0.0208. The Labute approximate surface area is 116 Å². The van der Waals surface area contributed by atoms with E-state index in [1.165, 1.54) is 36.2 Å². The normalized spacial score (nSPS) is 15.0. The van der Waals surface area contributed by atoms with Gasteiger partial charge in [-0.25, -0.2) is 9.78 Å². The molecule has 3 rings (SSSR count). The highest BCUT2D eigenvalue weighted by Crippen LogP contribution is 2.42. The molecule has 0 spiro atoms. The van der Waals surface area contributed by atoms with E-state index < -0.39 is 12.3 Å². The number of benzene rings is 1. The Kier molecular flexibility index (Phi) is 2.71. The summed E-state index contributed by atoms with van der Waals surface area (Å²) in [6.07, 6.45) is -2.42. The van der Waals surface area contributed by atoms with Gasteiger partial charge in [0.2, 0.25) is 0 Å². The molecule has 2 aromatic rings. The molecule has 1 aliphatic rings. The second kappa shape index (κ2) is 4.33. The van der Waals surface area contributed by atoms with E-state index in [1.54, 1.807) is 0 Å². The molecule has 0 saturated carbocycles. The van der Waals surface area contributed by atoms with Gasteiger partial charge in [0.1, 0.15) is 12.1 Å². The van der Waals surface area contributed by atoms with E-state index in [4.69, 9.17) is 5.73 Å². The van der Waals surface area contributed by atoms with Crippen molar-refractivity contribution in [1.29, 1.82) is 0 Å². The number of anilines is 1. The molecule has 1 aliphatic heterocycles. The molecule has 0 unspecified atom stereocenters. The van der Waals surface area contributed by atoms with Gasteiger partial charge in [-0.15, -0.1) is 8.78 Å². The van der Waals surface area contributed by atoms with Gasteiger partial charge in [-0.2, -0.15) is 0 Å². The van der Waals surface area contributed by atoms with Crippen LogP contribution in [0.25, 0.3) is 5.69 Å². The Balaban J connectivity index is 2.00. The number of hydrogen-bond acceptors (Lipinski definition) is 6. The molecular formula is C12H9F2N3O4. The number of carbonyl (C=O) groups excluding carboxylic acids is 1. The minimum atomic E-state index is -3.70. The number of ether oxygens (including phenoxy) is 3. The van der Waals surface area contributed by atoms with E-state index in [2.05, 4.69) is 19.2 Å². The fourth-order valence-electron chi connectivity index (χ4n) is 1.91. The molecule has 0 saturated heterocycles. The topological polar surface area (TPSA) is 88.6 Å². The number of aromatic nitrogens is 2. The van der Waals surface area contributed by atoms with E-state index in [9.17, 15) is 13.6 Å². The number of methoxy groups -OCH3 is 1. The van der Waals surface area contributed by atoms with Crippen LogP contribution in [0.4, 0.5) is 14.6 Å². The summed E-state index contributed by atoms with van der Waals surface area (Å²) in [6, 6.07) is 4.08. The van der Waals surface area contributed by atoms with Gasteiger partial charge in [-0.3, -0.25) is 4.57 Å². The Hall–Kier alpha value is -2.84. The van der Waals surface area contributed by atoms with Crippen LogP contribution in [-0.4, -0.2) is 28.9 Å². The van der Waals surface area contributed by atoms with Crippen LogP contribution in [0, 0.1) is 0 Å². The predicted molar refractivity (Wildman–Crippen MR) is 65.5 cm³/mol. The lowest BCUT2D eigenvalue weighted by Gasteiger charge is -2.06. The molecule has 7 nitrogen and oxygen atoms in total. The fraction of sp³-hybridized carbons (Fsp3) is 0.167. The predicted octanol–water partition coefficient (Wildman–Crippen LogP) is 1.56. The third-order valence-corrected chi connectivity index (χ3v) is 2.85. The van der Waals surface area contributed by atoms with Crippen molar-refractivity contribution in [1.82, 2.24) is 9.55 Å². The summed E-state index contributed by atoms with van der Waals surface area (Å²) in [6.45, 7) is 0. The highest BCUT2D eigenvalue weighted by Gasteiger charge is 2.43. The number of halogens is 2. The first-order chi connectivity index (χ1) is 9.91. The Bertz CT molecular complexity index is 729. The summed E-state index contributed by atoms with van der Waals surface area (Å²) >= 11 is 0. The van der Waals surface area contributed by atoms with Crippen LogP contribution in [0.2, 0.25) is 0 Å². The van der Waals surface area contributed by atoms with Gasteiger partial charge in [0, 0.05) is 6.07 Å². The van der Waals surface area contributed by atoms with Gasteiger partial charge < -0.3 is 19.9 Å². The first-order valence-corrected chi connectivity index (χ1v) is 5.72. The van der Waals surface area contributed by atoms with Crippen LogP contribution in [-0.2, 0) is 4.74 Å². The van der Waals surface area contributed by atoms with Gasteiger partial charge in [-0.05, 0) is 12.1 Å². The van der Waals surface area contributed by atoms with Gasteiger partial charge >= 0.3 is 12.3 Å². The summed E-state index contributed by atoms with van der Waals surface area (Å²) in [5.74, 6) is -0.896. The first kappa shape index (κ1) is 13.2. The van der Waals surface area contributed by atoms with E-state index in [0.717, 1.165) is 0 Å². The number of imidazole rings is 1. The SMILES string of the molecule is COC(=O)c1ncn(-c2ccc3c(c2)OC(F)(F)O3)c1N. The van der Waals surface area contributed by atoms with Crippen LogP contribution in [0.1, 0.15) is 10.5 Å². The molecule has 2 N–H and O–H groups in total. The number of rotatable bonds is 2. The number of alkyl halides is 2. The highest BCUT2D eigenvalue weighted by molar-refractivity contribution is 5.92. The van der Waals surface area contributed by atoms with E-state index >= 15 is 0 Å². The van der Waals surface area contributed by atoms with Crippen LogP contribution in [0.15, 0.2) is 24.5 Å². The molecule has 21 heavy (non-hydrogen) atoms. The van der Waals surface area contributed by atoms with Crippen LogP contribution in [0.5, 0.6) is 11.5 Å². The van der Waals surface area contributed by atoms with Crippen molar-refractivity contribution in [3.63, 3.8) is 0 Å². The lowest BCUT2D eigenvalue weighted by Crippen LogP contribution is -2.25. The van der Waals surface area contributed by atoms with Crippen molar-refractivity contribution in [3.8, 4) is 17.2 Å². The van der Waals surface area contributed by atoms with E-state index in [1.807, 2.05) is 0 Å². The lowest BCUT2D eigenvalue weighted by molar-refractivity contribution is -0.286. The standard InChI is InChI=1S/C12H9F2N3O4/c1-19-11(18)9-10(15)17(5-16-9)6-2-3-7-8(4-6)21-12(13,14)20-7/h2-5H,15H2,1H3. The molecule has 1 aromatic carbocycles. The summed E-state index contributed by atoms with van der Waals surface area (Å²) in [5.41, 5.74) is 6.11. The Morgan fingerprint density at radius 1 is 1.38 bits per heavy atom. The highest BCUT2D eigenvalue weighted by atomic mass is 19.3. The third kappa shape index (κ3) is 2.12. The zero-order valence-electron chi connectivity index (χ0n) is 10.7. The maximum Gasteiger partial charge on any atom is 0.586 e. The van der Waals surface area contributed by atoms with E-state index in [0.29, 0.717) is 5.69 Å². The summed E-state index contributed by atoms with van der Waals surface area (Å²) in [4.78, 5) is 15.3. The van der Waals surface area contributed by atoms with Gasteiger partial charge in [-0.1, -0.05) is 0 Å². The number of hydrogen-bond donors (Lipinski definition) is 1. The number of nitrogens with two attached hydrogens (primary N) is 1. The number of fused-ring (bicyclic) bond motifs is 1. The molecule has 0 atom stereocenters. The molecule has 0 fully saturated rings. The van der Waals surface area contributed by atoms with Crippen molar-refractivity contribution in [2.45, 2.75) is 6.29 Å². The Morgan fingerprint density at radius 2 is 2.10 bits per heavy atom. The lowest BCUT2D eigenvalue weighted by atomic mass is 10.2. The molecular weight excluding hydrogens is 288 g/mol. The first-order valence-electron chi connectivity index (χ1n) is 5.72. The quantitative estimate of drug-likeness (QED) is 0.846. The molecule has 9 heteroatoms. The zero-order chi connectivity index (χ0) is 15.2. The van der Waals surface area contributed by atoms with Crippen molar-refractivity contribution < 1.29 is 27.8 Å². The van der Waals surface area contributed by atoms with Crippen LogP contribution >= 0.6 is 0 Å². The molecule has 1 aromatic heterocycles. The molecule has 0 radical (unpaired) electrons. The van der Waals surface area contributed by atoms with Crippen LogP contribution in [0.3, 0.4) is 0 Å². The monoisotopic (exact) mass is 297 g/mol. The van der Waals surface area contributed by atoms with Crippen molar-refractivity contribution in [2.24, 2.45) is 0 Å². The number of nitrogen functional groups attached to an aromatic ring is 1. The number of carbonyl (C=O) groups is 1. The van der Waals surface area contributed by atoms with E-state index in [-0.39, 0.29) is 23.0 Å².